The highest BCUT2D eigenvalue weighted by Crippen LogP contribution is 2.19. The fourth-order valence-electron chi connectivity index (χ4n) is 1.41. The van der Waals surface area contributed by atoms with Crippen LogP contribution in [0.5, 0.6) is 5.75 Å². The van der Waals surface area contributed by atoms with Gasteiger partial charge in [0, 0.05) is 11.8 Å². The lowest BCUT2D eigenvalue weighted by Gasteiger charge is -2.14. The molecule has 0 aliphatic rings. The molecule has 0 aliphatic heterocycles. The largest absolute Gasteiger partial charge is 0.482 e. The first kappa shape index (κ1) is 14.7. The van der Waals surface area contributed by atoms with Gasteiger partial charge in [0.2, 0.25) is 0 Å². The van der Waals surface area contributed by atoms with Gasteiger partial charge in [-0.25, -0.2) is 0 Å². The summed E-state index contributed by atoms with van der Waals surface area (Å²) in [7, 11) is 0. The number of nitrogen functional groups attached to an aromatic ring is 1. The summed E-state index contributed by atoms with van der Waals surface area (Å²) < 4.78 is 5.36. The number of thioether (sulfide) groups is 1. The molecule has 5 heteroatoms. The first-order valence-corrected chi connectivity index (χ1v) is 7.13. The van der Waals surface area contributed by atoms with Crippen molar-refractivity contribution in [2.75, 3.05) is 23.8 Å². The van der Waals surface area contributed by atoms with Crippen LogP contribution in [0.4, 0.5) is 5.69 Å². The summed E-state index contributed by atoms with van der Waals surface area (Å²) in [5.74, 6) is 2.39. The Morgan fingerprint density at radius 3 is 2.89 bits per heavy atom. The van der Waals surface area contributed by atoms with Crippen molar-refractivity contribution in [1.29, 1.82) is 0 Å². The Kier molecular flexibility index (Phi) is 6.43. The minimum absolute atomic E-state index is 0.00462. The zero-order chi connectivity index (χ0) is 13.4. The van der Waals surface area contributed by atoms with E-state index in [1.807, 2.05) is 19.1 Å². The van der Waals surface area contributed by atoms with Crippen LogP contribution in [-0.2, 0) is 4.79 Å². The van der Waals surface area contributed by atoms with Gasteiger partial charge in [-0.15, -0.1) is 0 Å². The van der Waals surface area contributed by atoms with Gasteiger partial charge in [0.1, 0.15) is 5.75 Å². The molecule has 18 heavy (non-hydrogen) atoms. The number of hydrogen-bond donors (Lipinski definition) is 2. The standard InChI is InChI=1S/C13H20N2O2S/c1-3-18-9-10(2)15-13(16)8-17-12-7-5-4-6-11(12)14/h4-7,10H,3,8-9,14H2,1-2H3,(H,15,16). The minimum atomic E-state index is -0.123. The van der Waals surface area contributed by atoms with E-state index in [-0.39, 0.29) is 18.6 Å². The number of ether oxygens (including phenoxy) is 1. The molecule has 0 saturated carbocycles. The number of carbonyl (C=O) groups is 1. The first-order valence-electron chi connectivity index (χ1n) is 5.98. The fraction of sp³-hybridized carbons (Fsp3) is 0.462. The third-order valence-corrected chi connectivity index (χ3v) is 3.40. The molecule has 1 amide bonds. The summed E-state index contributed by atoms with van der Waals surface area (Å²) in [6, 6.07) is 7.29. The van der Waals surface area contributed by atoms with E-state index >= 15 is 0 Å². The van der Waals surface area contributed by atoms with Crippen LogP contribution >= 0.6 is 11.8 Å². The van der Waals surface area contributed by atoms with E-state index in [1.54, 1.807) is 23.9 Å². The van der Waals surface area contributed by atoms with Gasteiger partial charge in [0.05, 0.1) is 5.69 Å². The van der Waals surface area contributed by atoms with E-state index in [9.17, 15) is 4.79 Å². The van der Waals surface area contributed by atoms with Crippen LogP contribution < -0.4 is 15.8 Å². The summed E-state index contributed by atoms with van der Waals surface area (Å²) >= 11 is 1.80. The molecule has 0 saturated heterocycles. The van der Waals surface area contributed by atoms with Crippen molar-refractivity contribution in [3.05, 3.63) is 24.3 Å². The molecule has 1 atom stereocenters. The number of hydrogen-bond acceptors (Lipinski definition) is 4. The lowest BCUT2D eigenvalue weighted by Crippen LogP contribution is -2.37. The zero-order valence-electron chi connectivity index (χ0n) is 10.8. The third-order valence-electron chi connectivity index (χ3n) is 2.26. The highest BCUT2D eigenvalue weighted by molar-refractivity contribution is 7.99. The van der Waals surface area contributed by atoms with Crippen LogP contribution in [-0.4, -0.2) is 30.1 Å². The van der Waals surface area contributed by atoms with Crippen molar-refractivity contribution >= 4 is 23.4 Å². The molecule has 1 unspecified atom stereocenters. The highest BCUT2D eigenvalue weighted by Gasteiger charge is 2.08. The van der Waals surface area contributed by atoms with Crippen molar-refractivity contribution < 1.29 is 9.53 Å². The Balaban J connectivity index is 2.31. The first-order chi connectivity index (χ1) is 8.63. The Bertz CT molecular complexity index is 385. The number of rotatable bonds is 7. The minimum Gasteiger partial charge on any atom is -0.482 e. The van der Waals surface area contributed by atoms with Crippen LogP contribution in [0.2, 0.25) is 0 Å². The van der Waals surface area contributed by atoms with Crippen LogP contribution in [0.1, 0.15) is 13.8 Å². The SMILES string of the molecule is CCSCC(C)NC(=O)COc1ccccc1N. The molecule has 3 N–H and O–H groups in total. The summed E-state index contributed by atoms with van der Waals surface area (Å²) in [6.07, 6.45) is 0. The predicted octanol–water partition coefficient (Wildman–Crippen LogP) is 1.91. The molecule has 0 bridgehead atoms. The van der Waals surface area contributed by atoms with Gasteiger partial charge in [-0.05, 0) is 24.8 Å². The van der Waals surface area contributed by atoms with Crippen LogP contribution in [0.3, 0.4) is 0 Å². The van der Waals surface area contributed by atoms with Gasteiger partial charge in [-0.3, -0.25) is 4.79 Å². The van der Waals surface area contributed by atoms with Gasteiger partial charge in [-0.1, -0.05) is 19.1 Å². The van der Waals surface area contributed by atoms with Gasteiger partial charge in [0.15, 0.2) is 6.61 Å². The number of benzene rings is 1. The second-order valence-electron chi connectivity index (χ2n) is 3.95. The van der Waals surface area contributed by atoms with Crippen molar-refractivity contribution in [2.24, 2.45) is 0 Å². The molecule has 0 aliphatic carbocycles. The molecular weight excluding hydrogens is 248 g/mol. The van der Waals surface area contributed by atoms with E-state index in [1.165, 1.54) is 0 Å². The lowest BCUT2D eigenvalue weighted by atomic mass is 10.3. The fourth-order valence-corrected chi connectivity index (χ4v) is 2.08. The summed E-state index contributed by atoms with van der Waals surface area (Å²) in [5, 5.41) is 2.88. The van der Waals surface area contributed by atoms with Gasteiger partial charge in [0.25, 0.3) is 5.91 Å². The normalized spacial score (nSPS) is 11.9. The topological polar surface area (TPSA) is 64.3 Å². The van der Waals surface area contributed by atoms with Crippen molar-refractivity contribution in [3.8, 4) is 5.75 Å². The second kappa shape index (κ2) is 7.87. The number of anilines is 1. The number of amides is 1. The van der Waals surface area contributed by atoms with Crippen LogP contribution in [0, 0.1) is 0 Å². The lowest BCUT2D eigenvalue weighted by molar-refractivity contribution is -0.123. The molecule has 0 fully saturated rings. The van der Waals surface area contributed by atoms with Crippen molar-refractivity contribution in [3.63, 3.8) is 0 Å². The average molecular weight is 268 g/mol. The molecule has 0 spiro atoms. The number of nitrogens with one attached hydrogen (secondary N) is 1. The quantitative estimate of drug-likeness (QED) is 0.741. The van der Waals surface area contributed by atoms with Crippen molar-refractivity contribution in [1.82, 2.24) is 5.32 Å². The van der Waals surface area contributed by atoms with Gasteiger partial charge >= 0.3 is 0 Å². The summed E-state index contributed by atoms with van der Waals surface area (Å²) in [5.41, 5.74) is 6.26. The second-order valence-corrected chi connectivity index (χ2v) is 5.27. The van der Waals surface area contributed by atoms with Gasteiger partial charge in [-0.2, -0.15) is 11.8 Å². The smallest absolute Gasteiger partial charge is 0.258 e. The Labute approximate surface area is 112 Å². The maximum atomic E-state index is 11.6. The maximum absolute atomic E-state index is 11.6. The molecule has 4 nitrogen and oxygen atoms in total. The van der Waals surface area contributed by atoms with Crippen molar-refractivity contribution in [2.45, 2.75) is 19.9 Å². The molecule has 100 valence electrons. The molecule has 0 aromatic heterocycles. The Hall–Kier alpha value is -1.36. The monoisotopic (exact) mass is 268 g/mol. The molecule has 1 rings (SSSR count). The van der Waals surface area contributed by atoms with E-state index in [0.29, 0.717) is 11.4 Å². The van der Waals surface area contributed by atoms with E-state index < -0.39 is 0 Å². The molecular formula is C13H20N2O2S. The van der Waals surface area contributed by atoms with E-state index in [0.717, 1.165) is 11.5 Å². The summed E-state index contributed by atoms with van der Waals surface area (Å²) in [6.45, 7) is 4.08. The molecule has 0 radical (unpaired) electrons. The van der Waals surface area contributed by atoms with E-state index in [4.69, 9.17) is 10.5 Å². The van der Waals surface area contributed by atoms with E-state index in [2.05, 4.69) is 12.2 Å². The maximum Gasteiger partial charge on any atom is 0.258 e. The average Bonchev–Trinajstić information content (AvgIpc) is 2.35. The Morgan fingerprint density at radius 2 is 2.22 bits per heavy atom. The molecule has 1 aromatic carbocycles. The molecule has 0 heterocycles. The van der Waals surface area contributed by atoms with Crippen LogP contribution in [0.15, 0.2) is 24.3 Å². The van der Waals surface area contributed by atoms with Crippen LogP contribution in [0.25, 0.3) is 0 Å². The zero-order valence-corrected chi connectivity index (χ0v) is 11.6. The number of nitrogens with two attached hydrogens (primary N) is 1. The van der Waals surface area contributed by atoms with Gasteiger partial charge < -0.3 is 15.8 Å². The molecule has 1 aromatic rings. The summed E-state index contributed by atoms with van der Waals surface area (Å²) in [4.78, 5) is 11.6. The predicted molar refractivity (Wildman–Crippen MR) is 77.0 cm³/mol. The third kappa shape index (κ3) is 5.31. The number of para-hydroxylation sites is 2. The number of carbonyl (C=O) groups excluding carboxylic acids is 1. The highest BCUT2D eigenvalue weighted by atomic mass is 32.2. The Morgan fingerprint density at radius 1 is 1.50 bits per heavy atom.